The molecule has 0 saturated heterocycles. The fourth-order valence-electron chi connectivity index (χ4n) is 3.43. The number of benzene rings is 1. The Labute approximate surface area is 168 Å². The van der Waals surface area contributed by atoms with Crippen LogP contribution in [0.4, 0.5) is 0 Å². The monoisotopic (exact) mass is 387 g/mol. The SMILES string of the molecule is CC(C)(C)C1=CC(=O)NC2=CC(=NC(=O)c3cc(-c4ccccc4)on3)C=CC21. The van der Waals surface area contributed by atoms with E-state index in [2.05, 4.69) is 36.2 Å². The quantitative estimate of drug-likeness (QED) is 0.841. The summed E-state index contributed by atoms with van der Waals surface area (Å²) in [4.78, 5) is 28.8. The van der Waals surface area contributed by atoms with Crippen molar-refractivity contribution in [3.63, 3.8) is 0 Å². The molecular formula is C23H21N3O3. The predicted molar refractivity (Wildman–Crippen MR) is 110 cm³/mol. The number of hydrogen-bond donors (Lipinski definition) is 1. The molecule has 6 nitrogen and oxygen atoms in total. The van der Waals surface area contributed by atoms with Crippen LogP contribution in [-0.4, -0.2) is 22.7 Å². The van der Waals surface area contributed by atoms with E-state index in [0.717, 1.165) is 16.8 Å². The maximum atomic E-state index is 12.5. The van der Waals surface area contributed by atoms with Gasteiger partial charge in [0.2, 0.25) is 5.91 Å². The zero-order valence-electron chi connectivity index (χ0n) is 16.5. The Hall–Kier alpha value is -3.54. The Bertz CT molecular complexity index is 1100. The highest BCUT2D eigenvalue weighted by atomic mass is 16.5. The number of allylic oxidation sites excluding steroid dienone is 3. The van der Waals surface area contributed by atoms with Crippen molar-refractivity contribution in [3.05, 3.63) is 77.7 Å². The van der Waals surface area contributed by atoms with Crippen LogP contribution in [0.1, 0.15) is 31.3 Å². The summed E-state index contributed by atoms with van der Waals surface area (Å²) in [5, 5.41) is 6.70. The highest BCUT2D eigenvalue weighted by Gasteiger charge is 2.32. The molecule has 2 heterocycles. The average molecular weight is 387 g/mol. The van der Waals surface area contributed by atoms with E-state index in [9.17, 15) is 9.59 Å². The van der Waals surface area contributed by atoms with Crippen molar-refractivity contribution < 1.29 is 14.1 Å². The first kappa shape index (κ1) is 18.8. The second-order valence-corrected chi connectivity index (χ2v) is 8.06. The van der Waals surface area contributed by atoms with Crippen LogP contribution < -0.4 is 5.32 Å². The minimum atomic E-state index is -0.500. The fourth-order valence-corrected chi connectivity index (χ4v) is 3.43. The van der Waals surface area contributed by atoms with Crippen molar-refractivity contribution in [2.75, 3.05) is 0 Å². The van der Waals surface area contributed by atoms with Gasteiger partial charge in [-0.3, -0.25) is 9.59 Å². The number of amides is 2. The molecule has 0 bridgehead atoms. The Morgan fingerprint density at radius 2 is 1.93 bits per heavy atom. The number of carbonyl (C=O) groups excluding carboxylic acids is 2. The summed E-state index contributed by atoms with van der Waals surface area (Å²) < 4.78 is 5.27. The smallest absolute Gasteiger partial charge is 0.299 e. The predicted octanol–water partition coefficient (Wildman–Crippen LogP) is 4.10. The van der Waals surface area contributed by atoms with E-state index < -0.39 is 5.91 Å². The highest BCUT2D eigenvalue weighted by molar-refractivity contribution is 6.13. The van der Waals surface area contributed by atoms with Gasteiger partial charge in [0.1, 0.15) is 0 Å². The molecule has 1 N–H and O–H groups in total. The number of carbonyl (C=O) groups is 2. The Balaban J connectivity index is 1.58. The summed E-state index contributed by atoms with van der Waals surface area (Å²) >= 11 is 0. The maximum absolute atomic E-state index is 12.5. The van der Waals surface area contributed by atoms with Gasteiger partial charge < -0.3 is 9.84 Å². The first-order valence-corrected chi connectivity index (χ1v) is 9.39. The van der Waals surface area contributed by atoms with Crippen LogP contribution in [0.3, 0.4) is 0 Å². The summed E-state index contributed by atoms with van der Waals surface area (Å²) in [5.74, 6) is -0.188. The molecule has 29 heavy (non-hydrogen) atoms. The van der Waals surface area contributed by atoms with Crippen molar-refractivity contribution >= 4 is 17.5 Å². The Kier molecular flexibility index (Phi) is 4.62. The number of rotatable bonds is 2. The van der Waals surface area contributed by atoms with Gasteiger partial charge in [-0.1, -0.05) is 62.3 Å². The van der Waals surface area contributed by atoms with Crippen LogP contribution in [0.25, 0.3) is 11.3 Å². The molecule has 1 atom stereocenters. The first-order valence-electron chi connectivity index (χ1n) is 9.39. The van der Waals surface area contributed by atoms with E-state index in [4.69, 9.17) is 4.52 Å². The minimum Gasteiger partial charge on any atom is -0.355 e. The third-order valence-electron chi connectivity index (χ3n) is 4.87. The van der Waals surface area contributed by atoms with Crippen LogP contribution in [-0.2, 0) is 4.79 Å². The van der Waals surface area contributed by atoms with Gasteiger partial charge in [-0.2, -0.15) is 0 Å². The summed E-state index contributed by atoms with van der Waals surface area (Å²) in [5.41, 5.74) is 3.03. The molecule has 1 aliphatic heterocycles. The van der Waals surface area contributed by atoms with Crippen molar-refractivity contribution in [2.45, 2.75) is 20.8 Å². The number of nitrogens with one attached hydrogen (secondary N) is 1. The molecule has 1 aromatic carbocycles. The molecule has 1 aromatic heterocycles. The lowest BCUT2D eigenvalue weighted by Gasteiger charge is -2.34. The number of hydrogen-bond acceptors (Lipinski definition) is 4. The second-order valence-electron chi connectivity index (χ2n) is 8.06. The topological polar surface area (TPSA) is 84.6 Å². The number of fused-ring (bicyclic) bond motifs is 1. The minimum absolute atomic E-state index is 0.0292. The summed E-state index contributed by atoms with van der Waals surface area (Å²) in [7, 11) is 0. The van der Waals surface area contributed by atoms with E-state index in [1.165, 1.54) is 0 Å². The lowest BCUT2D eigenvalue weighted by molar-refractivity contribution is -0.116. The number of nitrogens with zero attached hydrogens (tertiary/aromatic N) is 2. The molecular weight excluding hydrogens is 366 g/mol. The number of aromatic nitrogens is 1. The molecule has 4 rings (SSSR count). The molecule has 2 aromatic rings. The van der Waals surface area contributed by atoms with Crippen molar-refractivity contribution in [2.24, 2.45) is 16.3 Å². The summed E-state index contributed by atoms with van der Waals surface area (Å²) in [6, 6.07) is 11.0. The van der Waals surface area contributed by atoms with Gasteiger partial charge in [-0.25, -0.2) is 4.99 Å². The molecule has 1 unspecified atom stereocenters. The lowest BCUT2D eigenvalue weighted by Crippen LogP contribution is -2.36. The molecule has 0 saturated carbocycles. The van der Waals surface area contributed by atoms with E-state index in [-0.39, 0.29) is 22.9 Å². The first-order chi connectivity index (χ1) is 13.8. The highest BCUT2D eigenvalue weighted by Crippen LogP contribution is 2.38. The van der Waals surface area contributed by atoms with E-state index in [0.29, 0.717) is 11.5 Å². The standard InChI is InChI=1S/C23H21N3O3/c1-23(2,3)17-12-21(27)25-18-11-15(9-10-16(17)18)24-22(28)19-13-20(29-26-19)14-7-5-4-6-8-14/h4-13,16H,1-3H3,(H,25,27). The van der Waals surface area contributed by atoms with Crippen LogP contribution in [0.2, 0.25) is 0 Å². The van der Waals surface area contributed by atoms with Crippen LogP contribution >= 0.6 is 0 Å². The molecule has 0 radical (unpaired) electrons. The Morgan fingerprint density at radius 3 is 2.66 bits per heavy atom. The van der Waals surface area contributed by atoms with Crippen LogP contribution in [0, 0.1) is 11.3 Å². The average Bonchev–Trinajstić information content (AvgIpc) is 3.17. The van der Waals surface area contributed by atoms with Gasteiger partial charge in [0, 0.05) is 29.3 Å². The van der Waals surface area contributed by atoms with Gasteiger partial charge in [0.05, 0.1) is 5.71 Å². The van der Waals surface area contributed by atoms with E-state index >= 15 is 0 Å². The van der Waals surface area contributed by atoms with Gasteiger partial charge in [0.15, 0.2) is 11.5 Å². The van der Waals surface area contributed by atoms with Crippen LogP contribution in [0.5, 0.6) is 0 Å². The molecule has 2 aliphatic rings. The Morgan fingerprint density at radius 1 is 1.17 bits per heavy atom. The molecule has 6 heteroatoms. The second kappa shape index (κ2) is 7.13. The van der Waals surface area contributed by atoms with Crippen molar-refractivity contribution in [3.8, 4) is 11.3 Å². The summed E-state index contributed by atoms with van der Waals surface area (Å²) in [6.45, 7) is 6.22. The van der Waals surface area contributed by atoms with Gasteiger partial charge in [0.25, 0.3) is 5.91 Å². The van der Waals surface area contributed by atoms with Gasteiger partial charge >= 0.3 is 0 Å². The third kappa shape index (κ3) is 3.87. The fraction of sp³-hybridized carbons (Fsp3) is 0.217. The molecule has 1 aliphatic carbocycles. The van der Waals surface area contributed by atoms with E-state index in [1.54, 1.807) is 24.3 Å². The largest absolute Gasteiger partial charge is 0.355 e. The van der Waals surface area contributed by atoms with Gasteiger partial charge in [-0.15, -0.1) is 0 Å². The zero-order valence-corrected chi connectivity index (χ0v) is 16.5. The van der Waals surface area contributed by atoms with Gasteiger partial charge in [-0.05, 0) is 23.1 Å². The lowest BCUT2D eigenvalue weighted by atomic mass is 9.74. The van der Waals surface area contributed by atoms with Crippen LogP contribution in [0.15, 0.2) is 81.5 Å². The molecule has 0 fully saturated rings. The molecule has 2 amide bonds. The zero-order chi connectivity index (χ0) is 20.6. The summed E-state index contributed by atoms with van der Waals surface area (Å²) in [6.07, 6.45) is 7.13. The third-order valence-corrected chi connectivity index (χ3v) is 4.87. The molecule has 146 valence electrons. The van der Waals surface area contributed by atoms with Crippen molar-refractivity contribution in [1.29, 1.82) is 0 Å². The molecule has 0 spiro atoms. The number of aliphatic imine (C=N–C) groups is 1. The van der Waals surface area contributed by atoms with E-state index in [1.807, 2.05) is 36.4 Å². The normalized spacial score (nSPS) is 20.0. The maximum Gasteiger partial charge on any atom is 0.299 e. The van der Waals surface area contributed by atoms with Crippen molar-refractivity contribution in [1.82, 2.24) is 10.5 Å².